The van der Waals surface area contributed by atoms with E-state index in [1.54, 1.807) is 19.1 Å². The van der Waals surface area contributed by atoms with Crippen LogP contribution in [0.1, 0.15) is 45.3 Å². The predicted octanol–water partition coefficient (Wildman–Crippen LogP) is 5.29. The fourth-order valence-corrected chi connectivity index (χ4v) is 4.78. The maximum Gasteiger partial charge on any atom is 0.336 e. The lowest BCUT2D eigenvalue weighted by molar-refractivity contribution is -0.384. The molecule has 172 valence electrons. The van der Waals surface area contributed by atoms with E-state index in [0.29, 0.717) is 29.9 Å². The smallest absolute Gasteiger partial charge is 0.336 e. The van der Waals surface area contributed by atoms with Gasteiger partial charge in [-0.2, -0.15) is 0 Å². The molecule has 0 fully saturated rings. The van der Waals surface area contributed by atoms with Gasteiger partial charge in [0.25, 0.3) is 5.69 Å². The summed E-state index contributed by atoms with van der Waals surface area (Å²) in [6, 6.07) is 7.52. The molecule has 0 spiro atoms. The Kier molecular flexibility index (Phi) is 5.66. The van der Waals surface area contributed by atoms with Crippen molar-refractivity contribution in [3.8, 4) is 11.3 Å². The lowest BCUT2D eigenvalue weighted by Gasteiger charge is -2.38. The number of dihydropyridines is 1. The molecule has 1 aromatic heterocycles. The number of carbonyl (C=O) groups is 2. The highest BCUT2D eigenvalue weighted by Crippen LogP contribution is 2.48. The molecule has 4 rings (SSSR count). The predicted molar refractivity (Wildman–Crippen MR) is 121 cm³/mol. The number of Topliss-reactive ketones (excluding diaryl/α,β-unsaturated/α-hetero) is 1. The molecule has 9 heteroatoms. The summed E-state index contributed by atoms with van der Waals surface area (Å²) in [5.41, 5.74) is 1.88. The molecule has 0 amide bonds. The number of furan rings is 1. The van der Waals surface area contributed by atoms with Crippen molar-refractivity contribution < 1.29 is 23.7 Å². The fourth-order valence-electron chi connectivity index (χ4n) is 4.62. The Balaban J connectivity index is 1.87. The van der Waals surface area contributed by atoms with Gasteiger partial charge in [-0.1, -0.05) is 25.4 Å². The number of hydrogen-bond donors (Lipinski definition) is 1. The molecule has 1 aliphatic carbocycles. The molecule has 0 bridgehead atoms. The van der Waals surface area contributed by atoms with E-state index in [0.717, 1.165) is 5.70 Å². The summed E-state index contributed by atoms with van der Waals surface area (Å²) in [4.78, 5) is 37.0. The van der Waals surface area contributed by atoms with Crippen molar-refractivity contribution in [3.05, 3.63) is 73.8 Å². The van der Waals surface area contributed by atoms with E-state index in [1.165, 1.54) is 25.3 Å². The average molecular weight is 471 g/mol. The number of halogens is 1. The molecule has 1 aliphatic heterocycles. The first-order valence-corrected chi connectivity index (χ1v) is 10.8. The van der Waals surface area contributed by atoms with Crippen LogP contribution < -0.4 is 5.32 Å². The molecule has 1 atom stereocenters. The van der Waals surface area contributed by atoms with Crippen molar-refractivity contribution in [2.45, 2.75) is 39.5 Å². The Labute approximate surface area is 195 Å². The molecule has 2 aromatic rings. The van der Waals surface area contributed by atoms with Crippen LogP contribution in [0.15, 0.2) is 57.3 Å². The van der Waals surface area contributed by atoms with Crippen molar-refractivity contribution in [1.82, 2.24) is 5.32 Å². The minimum Gasteiger partial charge on any atom is -0.466 e. The van der Waals surface area contributed by atoms with Crippen molar-refractivity contribution >= 4 is 29.0 Å². The van der Waals surface area contributed by atoms with Crippen LogP contribution in [-0.4, -0.2) is 23.8 Å². The van der Waals surface area contributed by atoms with Gasteiger partial charge in [0, 0.05) is 34.5 Å². The first-order chi connectivity index (χ1) is 15.5. The van der Waals surface area contributed by atoms with Crippen LogP contribution in [0, 0.1) is 15.5 Å². The molecule has 2 aliphatic rings. The van der Waals surface area contributed by atoms with Crippen LogP contribution in [0.4, 0.5) is 5.69 Å². The second kappa shape index (κ2) is 8.19. The lowest BCUT2D eigenvalue weighted by Crippen LogP contribution is -2.38. The molecule has 1 aromatic carbocycles. The highest BCUT2D eigenvalue weighted by atomic mass is 35.5. The molecule has 0 unspecified atom stereocenters. The topological polar surface area (TPSA) is 112 Å². The highest BCUT2D eigenvalue weighted by molar-refractivity contribution is 6.30. The van der Waals surface area contributed by atoms with E-state index in [4.69, 9.17) is 20.8 Å². The number of allylic oxidation sites excluding steroid dienone is 3. The van der Waals surface area contributed by atoms with Crippen molar-refractivity contribution in [2.75, 3.05) is 7.11 Å². The molecule has 0 radical (unpaired) electrons. The quantitative estimate of drug-likeness (QED) is 0.367. The summed E-state index contributed by atoms with van der Waals surface area (Å²) >= 11 is 5.93. The van der Waals surface area contributed by atoms with Gasteiger partial charge in [0.2, 0.25) is 0 Å². The molecule has 2 heterocycles. The Morgan fingerprint density at radius 3 is 2.67 bits per heavy atom. The molecular formula is C24H23ClN2O6. The van der Waals surface area contributed by atoms with Crippen LogP contribution in [-0.2, 0) is 14.3 Å². The minimum atomic E-state index is -0.780. The number of nitro groups is 1. The Morgan fingerprint density at radius 1 is 1.27 bits per heavy atom. The maximum atomic E-state index is 13.2. The van der Waals surface area contributed by atoms with E-state index < -0.39 is 16.8 Å². The van der Waals surface area contributed by atoms with Gasteiger partial charge >= 0.3 is 5.97 Å². The SMILES string of the molecule is COC(=O)C1=C(C)NC2=C(C(=O)CC(C)(C)C2)[C@H]1c1ccc(-c2ccc(Cl)cc2[N+](=O)[O-])o1. The van der Waals surface area contributed by atoms with Gasteiger partial charge in [0.1, 0.15) is 11.5 Å². The van der Waals surface area contributed by atoms with Crippen molar-refractivity contribution in [2.24, 2.45) is 5.41 Å². The fraction of sp³-hybridized carbons (Fsp3) is 0.333. The molecule has 0 saturated carbocycles. The first-order valence-electron chi connectivity index (χ1n) is 10.4. The number of rotatable bonds is 4. The highest BCUT2D eigenvalue weighted by Gasteiger charge is 2.44. The lowest BCUT2D eigenvalue weighted by atomic mass is 9.69. The summed E-state index contributed by atoms with van der Waals surface area (Å²) in [6.45, 7) is 5.79. The zero-order chi connectivity index (χ0) is 24.1. The van der Waals surface area contributed by atoms with Gasteiger partial charge in [-0.3, -0.25) is 14.9 Å². The number of methoxy groups -OCH3 is 1. The van der Waals surface area contributed by atoms with E-state index in [-0.39, 0.29) is 38.8 Å². The number of esters is 1. The Bertz CT molecular complexity index is 1250. The number of nitrogens with zero attached hydrogens (tertiary/aromatic N) is 1. The van der Waals surface area contributed by atoms with E-state index in [2.05, 4.69) is 5.32 Å². The van der Waals surface area contributed by atoms with E-state index in [1.807, 2.05) is 13.8 Å². The zero-order valence-corrected chi connectivity index (χ0v) is 19.4. The summed E-state index contributed by atoms with van der Waals surface area (Å²) in [5.74, 6) is -0.874. The summed E-state index contributed by atoms with van der Waals surface area (Å²) < 4.78 is 11.1. The maximum absolute atomic E-state index is 13.2. The molecule has 0 saturated heterocycles. The molecule has 1 N–H and O–H groups in total. The number of nitrogens with one attached hydrogen (secondary N) is 1. The molecule has 8 nitrogen and oxygen atoms in total. The average Bonchev–Trinajstić information content (AvgIpc) is 3.20. The largest absolute Gasteiger partial charge is 0.466 e. The Morgan fingerprint density at radius 2 is 2.00 bits per heavy atom. The third-order valence-electron chi connectivity index (χ3n) is 5.98. The van der Waals surface area contributed by atoms with E-state index >= 15 is 0 Å². The third-order valence-corrected chi connectivity index (χ3v) is 6.21. The van der Waals surface area contributed by atoms with Gasteiger partial charge in [-0.15, -0.1) is 0 Å². The zero-order valence-electron chi connectivity index (χ0n) is 18.7. The second-order valence-corrected chi connectivity index (χ2v) is 9.48. The minimum absolute atomic E-state index is 0.0805. The third kappa shape index (κ3) is 4.06. The van der Waals surface area contributed by atoms with Gasteiger partial charge in [0.05, 0.1) is 29.1 Å². The van der Waals surface area contributed by atoms with Crippen LogP contribution in [0.25, 0.3) is 11.3 Å². The van der Waals surface area contributed by atoms with Crippen molar-refractivity contribution in [3.63, 3.8) is 0 Å². The van der Waals surface area contributed by atoms with E-state index in [9.17, 15) is 19.7 Å². The van der Waals surface area contributed by atoms with Gasteiger partial charge in [-0.05, 0) is 43.0 Å². The van der Waals surface area contributed by atoms with Gasteiger partial charge in [-0.25, -0.2) is 4.79 Å². The summed E-state index contributed by atoms with van der Waals surface area (Å²) in [7, 11) is 1.28. The Hall–Kier alpha value is -3.39. The monoisotopic (exact) mass is 470 g/mol. The normalized spacial score (nSPS) is 19.8. The van der Waals surface area contributed by atoms with Crippen LogP contribution in [0.3, 0.4) is 0 Å². The second-order valence-electron chi connectivity index (χ2n) is 9.04. The number of benzene rings is 1. The molecular weight excluding hydrogens is 448 g/mol. The van der Waals surface area contributed by atoms with Crippen molar-refractivity contribution in [1.29, 1.82) is 0 Å². The van der Waals surface area contributed by atoms with Gasteiger partial charge < -0.3 is 14.5 Å². The standard InChI is InChI=1S/C24H23ClN2O6/c1-12-20(23(29)32-4)22(21-15(26-12)10-24(2,3)11-17(21)28)19-8-7-18(33-19)14-6-5-13(25)9-16(14)27(30)31/h5-9,22,26H,10-11H2,1-4H3/t22-/m0/s1. The van der Waals surface area contributed by atoms with Crippen LogP contribution in [0.5, 0.6) is 0 Å². The molecule has 33 heavy (non-hydrogen) atoms. The number of carbonyl (C=O) groups excluding carboxylic acids is 2. The summed E-state index contributed by atoms with van der Waals surface area (Å²) in [6.07, 6.45) is 0.959. The van der Waals surface area contributed by atoms with Crippen LogP contribution in [0.2, 0.25) is 5.02 Å². The number of ether oxygens (including phenoxy) is 1. The van der Waals surface area contributed by atoms with Crippen LogP contribution >= 0.6 is 11.6 Å². The first kappa shape index (κ1) is 22.8. The number of nitro benzene ring substituents is 1. The van der Waals surface area contributed by atoms with Gasteiger partial charge in [0.15, 0.2) is 5.78 Å². The summed E-state index contributed by atoms with van der Waals surface area (Å²) in [5, 5.41) is 15.0. The number of ketones is 1. The number of hydrogen-bond acceptors (Lipinski definition) is 7.